The minimum atomic E-state index is -3.86. The van der Waals surface area contributed by atoms with Crippen molar-refractivity contribution < 1.29 is 12.8 Å². The molecule has 7 heteroatoms. The predicted molar refractivity (Wildman–Crippen MR) is 69.7 cm³/mol. The lowest BCUT2D eigenvalue weighted by Crippen LogP contribution is -2.25. The number of benzene rings is 1. The Hall–Kier alpha value is -0.800. The first-order valence-electron chi connectivity index (χ1n) is 4.96. The van der Waals surface area contributed by atoms with Crippen LogP contribution in [-0.2, 0) is 10.0 Å². The van der Waals surface area contributed by atoms with Gasteiger partial charge in [0.25, 0.3) is 0 Å². The zero-order valence-electron chi connectivity index (χ0n) is 9.21. The van der Waals surface area contributed by atoms with Gasteiger partial charge in [0.15, 0.2) is 5.82 Å². The molecule has 18 heavy (non-hydrogen) atoms. The van der Waals surface area contributed by atoms with E-state index in [9.17, 15) is 12.8 Å². The molecule has 0 atom stereocenters. The fourth-order valence-corrected chi connectivity index (χ4v) is 3.01. The lowest BCUT2D eigenvalue weighted by Gasteiger charge is -2.08. The summed E-state index contributed by atoms with van der Waals surface area (Å²) >= 11 is 11.1. The highest BCUT2D eigenvalue weighted by Gasteiger charge is 2.21. The Kier molecular flexibility index (Phi) is 5.42. The van der Waals surface area contributed by atoms with E-state index in [4.69, 9.17) is 29.6 Å². The molecule has 0 aromatic heterocycles. The minimum Gasteiger partial charge on any atom is -0.211 e. The molecule has 0 spiro atoms. The van der Waals surface area contributed by atoms with Gasteiger partial charge in [-0.1, -0.05) is 23.2 Å². The van der Waals surface area contributed by atoms with Gasteiger partial charge >= 0.3 is 0 Å². The molecule has 0 unspecified atom stereocenters. The molecule has 0 saturated heterocycles. The van der Waals surface area contributed by atoms with Gasteiger partial charge in [0, 0.05) is 13.0 Å². The standard InChI is InChI=1S/C11H10Cl2FNO2S/c1-2-3-4-7-15-18(16,17)9-6-5-8(12)11(14)10(9)13/h1,5-6,15H,3-4,7H2. The zero-order valence-corrected chi connectivity index (χ0v) is 11.5. The Morgan fingerprint density at radius 3 is 2.67 bits per heavy atom. The number of rotatable bonds is 5. The Morgan fingerprint density at radius 2 is 2.06 bits per heavy atom. The number of hydrogen-bond acceptors (Lipinski definition) is 2. The number of terminal acetylenes is 1. The van der Waals surface area contributed by atoms with E-state index < -0.39 is 20.9 Å². The second-order valence-electron chi connectivity index (χ2n) is 3.38. The van der Waals surface area contributed by atoms with Crippen LogP contribution in [-0.4, -0.2) is 15.0 Å². The molecule has 1 N–H and O–H groups in total. The summed E-state index contributed by atoms with van der Waals surface area (Å²) in [5.74, 6) is 1.43. The van der Waals surface area contributed by atoms with Crippen LogP contribution in [0.5, 0.6) is 0 Å². The molecular weight excluding hydrogens is 300 g/mol. The quantitative estimate of drug-likeness (QED) is 0.516. The van der Waals surface area contributed by atoms with Crippen LogP contribution in [0.1, 0.15) is 12.8 Å². The van der Waals surface area contributed by atoms with Crippen LogP contribution in [0.4, 0.5) is 4.39 Å². The second kappa shape index (κ2) is 6.39. The molecule has 0 saturated carbocycles. The topological polar surface area (TPSA) is 46.2 Å². The summed E-state index contributed by atoms with van der Waals surface area (Å²) in [5.41, 5.74) is 0. The van der Waals surface area contributed by atoms with Gasteiger partial charge in [-0.05, 0) is 18.6 Å². The fourth-order valence-electron chi connectivity index (χ4n) is 1.19. The average molecular weight is 310 g/mol. The smallest absolute Gasteiger partial charge is 0.211 e. The molecule has 98 valence electrons. The van der Waals surface area contributed by atoms with Gasteiger partial charge in [0.05, 0.1) is 10.0 Å². The molecule has 1 aromatic rings. The maximum absolute atomic E-state index is 13.4. The van der Waals surface area contributed by atoms with Crippen LogP contribution < -0.4 is 4.72 Å². The van der Waals surface area contributed by atoms with E-state index in [1.165, 1.54) is 0 Å². The van der Waals surface area contributed by atoms with Crippen molar-refractivity contribution in [1.29, 1.82) is 0 Å². The van der Waals surface area contributed by atoms with E-state index in [1.807, 2.05) is 0 Å². The summed E-state index contributed by atoms with van der Waals surface area (Å²) in [6.45, 7) is 0.160. The van der Waals surface area contributed by atoms with E-state index in [1.54, 1.807) is 0 Å². The molecule has 0 heterocycles. The minimum absolute atomic E-state index is 0.160. The monoisotopic (exact) mass is 309 g/mol. The molecule has 1 rings (SSSR count). The molecule has 0 aliphatic heterocycles. The van der Waals surface area contributed by atoms with Crippen LogP contribution in [0.25, 0.3) is 0 Å². The molecule has 0 amide bonds. The van der Waals surface area contributed by atoms with Crippen LogP contribution in [0.3, 0.4) is 0 Å². The van der Waals surface area contributed by atoms with Crippen molar-refractivity contribution in [3.05, 3.63) is 28.0 Å². The number of sulfonamides is 1. The third kappa shape index (κ3) is 3.59. The SMILES string of the molecule is C#CCCCNS(=O)(=O)c1ccc(Cl)c(F)c1Cl. The number of hydrogen-bond donors (Lipinski definition) is 1. The van der Waals surface area contributed by atoms with Crippen molar-refractivity contribution in [2.75, 3.05) is 6.54 Å². The van der Waals surface area contributed by atoms with Gasteiger partial charge in [0.2, 0.25) is 10.0 Å². The largest absolute Gasteiger partial charge is 0.242 e. The lowest BCUT2D eigenvalue weighted by atomic mass is 10.3. The van der Waals surface area contributed by atoms with E-state index in [-0.39, 0.29) is 16.5 Å². The molecule has 0 radical (unpaired) electrons. The number of nitrogens with one attached hydrogen (secondary N) is 1. The van der Waals surface area contributed by atoms with E-state index >= 15 is 0 Å². The van der Waals surface area contributed by atoms with Crippen molar-refractivity contribution in [3.63, 3.8) is 0 Å². The molecule has 0 aliphatic rings. The Morgan fingerprint density at radius 1 is 1.39 bits per heavy atom. The summed E-state index contributed by atoms with van der Waals surface area (Å²) in [7, 11) is -3.86. The zero-order chi connectivity index (χ0) is 13.8. The van der Waals surface area contributed by atoms with Gasteiger partial charge in [-0.3, -0.25) is 0 Å². The Balaban J connectivity index is 2.93. The summed E-state index contributed by atoms with van der Waals surface area (Å²) in [6, 6.07) is 2.29. The molecule has 3 nitrogen and oxygen atoms in total. The normalized spacial score (nSPS) is 11.2. The van der Waals surface area contributed by atoms with Gasteiger partial charge in [0.1, 0.15) is 4.90 Å². The van der Waals surface area contributed by atoms with E-state index in [2.05, 4.69) is 10.6 Å². The van der Waals surface area contributed by atoms with E-state index in [0.717, 1.165) is 12.1 Å². The Bertz CT molecular complexity index is 581. The van der Waals surface area contributed by atoms with Crippen LogP contribution in [0.15, 0.2) is 17.0 Å². The highest BCUT2D eigenvalue weighted by Crippen LogP contribution is 2.29. The van der Waals surface area contributed by atoms with Crippen LogP contribution in [0, 0.1) is 18.2 Å². The Labute approximate surface area is 115 Å². The third-order valence-electron chi connectivity index (χ3n) is 2.08. The number of unbranched alkanes of at least 4 members (excludes halogenated alkanes) is 1. The molecule has 0 aliphatic carbocycles. The second-order valence-corrected chi connectivity index (χ2v) is 5.90. The van der Waals surface area contributed by atoms with Crippen molar-refractivity contribution >= 4 is 33.2 Å². The summed E-state index contributed by atoms with van der Waals surface area (Å²) in [4.78, 5) is -0.341. The predicted octanol–water partition coefficient (Wildman–Crippen LogP) is 2.82. The van der Waals surface area contributed by atoms with Gasteiger partial charge in [-0.25, -0.2) is 17.5 Å². The van der Waals surface area contributed by atoms with Crippen molar-refractivity contribution in [2.24, 2.45) is 0 Å². The number of halogens is 3. The molecular formula is C11H10Cl2FNO2S. The van der Waals surface area contributed by atoms with Gasteiger partial charge < -0.3 is 0 Å². The van der Waals surface area contributed by atoms with Crippen molar-refractivity contribution in [3.8, 4) is 12.3 Å². The lowest BCUT2D eigenvalue weighted by molar-refractivity contribution is 0.576. The van der Waals surface area contributed by atoms with E-state index in [0.29, 0.717) is 12.8 Å². The van der Waals surface area contributed by atoms with Crippen molar-refractivity contribution in [2.45, 2.75) is 17.7 Å². The third-order valence-corrected chi connectivity index (χ3v) is 4.36. The first-order valence-corrected chi connectivity index (χ1v) is 7.20. The molecule has 1 aromatic carbocycles. The highest BCUT2D eigenvalue weighted by molar-refractivity contribution is 7.89. The summed E-state index contributed by atoms with van der Waals surface area (Å²) in [5, 5.41) is -0.752. The average Bonchev–Trinajstić information content (AvgIpc) is 2.31. The fraction of sp³-hybridized carbons (Fsp3) is 0.273. The van der Waals surface area contributed by atoms with Gasteiger partial charge in [-0.2, -0.15) is 0 Å². The maximum atomic E-state index is 13.4. The summed E-state index contributed by atoms with van der Waals surface area (Å²) < 4.78 is 39.3. The highest BCUT2D eigenvalue weighted by atomic mass is 35.5. The first kappa shape index (κ1) is 15.3. The summed E-state index contributed by atoms with van der Waals surface area (Å²) in [6.07, 6.45) is 5.98. The molecule has 0 fully saturated rings. The maximum Gasteiger partial charge on any atom is 0.242 e. The van der Waals surface area contributed by atoms with Gasteiger partial charge in [-0.15, -0.1) is 12.3 Å². The van der Waals surface area contributed by atoms with Crippen LogP contribution in [0.2, 0.25) is 10.0 Å². The first-order chi connectivity index (χ1) is 8.40. The molecule has 0 bridgehead atoms. The van der Waals surface area contributed by atoms with Crippen LogP contribution >= 0.6 is 23.2 Å². The van der Waals surface area contributed by atoms with Crippen molar-refractivity contribution in [1.82, 2.24) is 4.72 Å².